The molecule has 2 amide bonds. The third kappa shape index (κ3) is 3.20. The maximum absolute atomic E-state index is 13.0. The van der Waals surface area contributed by atoms with Crippen molar-refractivity contribution in [1.82, 2.24) is 24.1 Å². The lowest BCUT2D eigenvalue weighted by atomic mass is 10.2. The number of hydrogen-bond donors (Lipinski definition) is 0. The first-order valence-electron chi connectivity index (χ1n) is 7.94. The Labute approximate surface area is 142 Å². The normalized spacial score (nSPS) is 10.8. The van der Waals surface area contributed by atoms with Crippen molar-refractivity contribution < 1.29 is 9.59 Å². The minimum absolute atomic E-state index is 0.0559. The second-order valence-electron chi connectivity index (χ2n) is 6.06. The lowest BCUT2D eigenvalue weighted by Gasteiger charge is -2.23. The molecule has 7 heteroatoms. The summed E-state index contributed by atoms with van der Waals surface area (Å²) in [5.41, 5.74) is 2.54. The van der Waals surface area contributed by atoms with Crippen molar-refractivity contribution in [3.05, 3.63) is 35.3 Å². The van der Waals surface area contributed by atoms with Gasteiger partial charge in [0, 0.05) is 39.1 Å². The Morgan fingerprint density at radius 1 is 1.17 bits per heavy atom. The van der Waals surface area contributed by atoms with Crippen LogP contribution in [0.3, 0.4) is 0 Å². The van der Waals surface area contributed by atoms with E-state index in [2.05, 4.69) is 5.10 Å². The summed E-state index contributed by atoms with van der Waals surface area (Å²) in [7, 11) is 5.18. The summed E-state index contributed by atoms with van der Waals surface area (Å²) in [6.07, 6.45) is 1.57. The van der Waals surface area contributed by atoms with E-state index in [0.717, 1.165) is 17.2 Å². The van der Waals surface area contributed by atoms with E-state index in [1.54, 1.807) is 25.0 Å². The van der Waals surface area contributed by atoms with Crippen LogP contribution in [0.4, 0.5) is 0 Å². The predicted molar refractivity (Wildman–Crippen MR) is 92.3 cm³/mol. The van der Waals surface area contributed by atoms with Crippen LogP contribution in [0.1, 0.15) is 28.7 Å². The summed E-state index contributed by atoms with van der Waals surface area (Å²) in [4.78, 5) is 28.0. The first-order valence-corrected chi connectivity index (χ1v) is 7.94. The molecule has 0 aliphatic rings. The molecular formula is C17H25N5O2. The molecule has 0 aliphatic heterocycles. The lowest BCUT2D eigenvalue weighted by molar-refractivity contribution is -0.129. The summed E-state index contributed by atoms with van der Waals surface area (Å²) in [6, 6.07) is 4.01. The van der Waals surface area contributed by atoms with E-state index in [-0.39, 0.29) is 18.4 Å². The zero-order chi connectivity index (χ0) is 18.0. The predicted octanol–water partition coefficient (Wildman–Crippen LogP) is 1.38. The number of likely N-dealkylation sites (N-methyl/N-ethyl adjacent to an activating group) is 2. The summed E-state index contributed by atoms with van der Waals surface area (Å²) < 4.78 is 3.69. The van der Waals surface area contributed by atoms with Gasteiger partial charge >= 0.3 is 0 Å². The van der Waals surface area contributed by atoms with E-state index < -0.39 is 0 Å². The quantitative estimate of drug-likeness (QED) is 0.831. The fourth-order valence-electron chi connectivity index (χ4n) is 2.65. The molecule has 130 valence electrons. The maximum Gasteiger partial charge on any atom is 0.259 e. The van der Waals surface area contributed by atoms with Crippen LogP contribution in [0.25, 0.3) is 5.82 Å². The van der Waals surface area contributed by atoms with Crippen LogP contribution >= 0.6 is 0 Å². The average Bonchev–Trinajstić information content (AvgIpc) is 3.06. The van der Waals surface area contributed by atoms with Gasteiger partial charge in [-0.05, 0) is 32.9 Å². The Kier molecular flexibility index (Phi) is 5.11. The van der Waals surface area contributed by atoms with Gasteiger partial charge in [-0.2, -0.15) is 5.10 Å². The second kappa shape index (κ2) is 6.90. The Morgan fingerprint density at radius 2 is 1.75 bits per heavy atom. The standard InChI is InChI=1S/C17H25N5O2/c1-7-21(11-15(23)19(4)5)17(24)14-10-18-20(6)16(14)22-12(2)8-9-13(22)3/h8-10H,7,11H2,1-6H3. The third-order valence-corrected chi connectivity index (χ3v) is 4.11. The highest BCUT2D eigenvalue weighted by Crippen LogP contribution is 2.21. The molecule has 0 aromatic carbocycles. The molecule has 24 heavy (non-hydrogen) atoms. The molecule has 0 unspecified atom stereocenters. The highest BCUT2D eigenvalue weighted by molar-refractivity contribution is 5.99. The van der Waals surface area contributed by atoms with Crippen molar-refractivity contribution in [2.75, 3.05) is 27.2 Å². The van der Waals surface area contributed by atoms with Crippen LogP contribution in [-0.2, 0) is 11.8 Å². The van der Waals surface area contributed by atoms with Crippen molar-refractivity contribution in [2.24, 2.45) is 7.05 Å². The molecule has 0 saturated carbocycles. The molecule has 0 saturated heterocycles. The molecule has 0 fully saturated rings. The fourth-order valence-corrected chi connectivity index (χ4v) is 2.65. The zero-order valence-corrected chi connectivity index (χ0v) is 15.2. The molecule has 0 radical (unpaired) electrons. The number of hydrogen-bond acceptors (Lipinski definition) is 3. The number of amides is 2. The molecule has 0 N–H and O–H groups in total. The number of nitrogens with zero attached hydrogens (tertiary/aromatic N) is 5. The van der Waals surface area contributed by atoms with Gasteiger partial charge in [0.05, 0.1) is 12.7 Å². The van der Waals surface area contributed by atoms with Crippen LogP contribution in [0.15, 0.2) is 18.3 Å². The van der Waals surface area contributed by atoms with E-state index in [0.29, 0.717) is 12.1 Å². The summed E-state index contributed by atoms with van der Waals surface area (Å²) in [5.74, 6) is 0.419. The highest BCUT2D eigenvalue weighted by Gasteiger charge is 2.25. The van der Waals surface area contributed by atoms with Gasteiger partial charge in [-0.1, -0.05) is 0 Å². The van der Waals surface area contributed by atoms with Crippen molar-refractivity contribution in [3.63, 3.8) is 0 Å². The minimum atomic E-state index is -0.191. The Morgan fingerprint density at radius 3 is 2.25 bits per heavy atom. The zero-order valence-electron chi connectivity index (χ0n) is 15.2. The van der Waals surface area contributed by atoms with Crippen molar-refractivity contribution in [2.45, 2.75) is 20.8 Å². The molecule has 0 bridgehead atoms. The first kappa shape index (κ1) is 17.8. The number of aryl methyl sites for hydroxylation is 3. The Balaban J connectivity index is 2.42. The Bertz CT molecular complexity index is 738. The molecule has 7 nitrogen and oxygen atoms in total. The van der Waals surface area contributed by atoms with Crippen molar-refractivity contribution >= 4 is 11.8 Å². The number of rotatable bonds is 5. The smallest absolute Gasteiger partial charge is 0.259 e. The molecule has 2 aromatic heterocycles. The van der Waals surface area contributed by atoms with Gasteiger partial charge in [0.1, 0.15) is 11.4 Å². The molecule has 2 rings (SSSR count). The average molecular weight is 331 g/mol. The van der Waals surface area contributed by atoms with Crippen LogP contribution in [0, 0.1) is 13.8 Å². The fraction of sp³-hybridized carbons (Fsp3) is 0.471. The molecule has 0 atom stereocenters. The van der Waals surface area contributed by atoms with Gasteiger partial charge in [0.2, 0.25) is 5.91 Å². The molecule has 0 aliphatic carbocycles. The summed E-state index contributed by atoms with van der Waals surface area (Å²) in [6.45, 7) is 6.35. The van der Waals surface area contributed by atoms with E-state index in [1.165, 1.54) is 9.80 Å². The minimum Gasteiger partial charge on any atom is -0.347 e. The highest BCUT2D eigenvalue weighted by atomic mass is 16.2. The Hall–Kier alpha value is -2.57. The molecule has 2 aromatic rings. The van der Waals surface area contributed by atoms with Gasteiger partial charge in [-0.3, -0.25) is 14.3 Å². The maximum atomic E-state index is 13.0. The van der Waals surface area contributed by atoms with Crippen LogP contribution in [0.5, 0.6) is 0 Å². The van der Waals surface area contributed by atoms with E-state index >= 15 is 0 Å². The molecule has 0 spiro atoms. The summed E-state index contributed by atoms with van der Waals surface area (Å²) >= 11 is 0. The van der Waals surface area contributed by atoms with Crippen molar-refractivity contribution in [3.8, 4) is 5.82 Å². The molecule has 2 heterocycles. The molecular weight excluding hydrogens is 306 g/mol. The topological polar surface area (TPSA) is 63.4 Å². The van der Waals surface area contributed by atoms with E-state index in [4.69, 9.17) is 0 Å². The number of carbonyl (C=O) groups excluding carboxylic acids is 2. The van der Waals surface area contributed by atoms with Gasteiger partial charge in [-0.15, -0.1) is 0 Å². The van der Waals surface area contributed by atoms with Crippen LogP contribution in [-0.4, -0.2) is 63.1 Å². The van der Waals surface area contributed by atoms with Crippen molar-refractivity contribution in [1.29, 1.82) is 0 Å². The van der Waals surface area contributed by atoms with Gasteiger partial charge < -0.3 is 14.4 Å². The van der Waals surface area contributed by atoms with Crippen LogP contribution in [0.2, 0.25) is 0 Å². The van der Waals surface area contributed by atoms with E-state index in [1.807, 2.05) is 44.5 Å². The second-order valence-corrected chi connectivity index (χ2v) is 6.06. The third-order valence-electron chi connectivity index (χ3n) is 4.11. The summed E-state index contributed by atoms with van der Waals surface area (Å²) in [5, 5.41) is 4.26. The lowest BCUT2D eigenvalue weighted by Crippen LogP contribution is -2.40. The first-order chi connectivity index (χ1) is 11.3. The number of aromatic nitrogens is 3. The van der Waals surface area contributed by atoms with E-state index in [9.17, 15) is 9.59 Å². The number of carbonyl (C=O) groups is 2. The van der Waals surface area contributed by atoms with Gasteiger partial charge in [0.15, 0.2) is 0 Å². The van der Waals surface area contributed by atoms with Gasteiger partial charge in [0.25, 0.3) is 5.91 Å². The van der Waals surface area contributed by atoms with Crippen LogP contribution < -0.4 is 0 Å². The SMILES string of the molecule is CCN(CC(=O)N(C)C)C(=O)c1cnn(C)c1-n1c(C)ccc1C. The monoisotopic (exact) mass is 331 g/mol. The largest absolute Gasteiger partial charge is 0.347 e. The van der Waals surface area contributed by atoms with Gasteiger partial charge in [-0.25, -0.2) is 0 Å².